The highest BCUT2D eigenvalue weighted by Crippen LogP contribution is 2.27. The highest BCUT2D eigenvalue weighted by molar-refractivity contribution is 7.18. The second-order valence-electron chi connectivity index (χ2n) is 7.13. The van der Waals surface area contributed by atoms with E-state index in [4.69, 9.17) is 9.73 Å². The molecule has 0 aliphatic carbocycles. The molecule has 4 aromatic rings. The topological polar surface area (TPSA) is 72.3 Å². The minimum atomic E-state index is 0.444. The zero-order valence-electron chi connectivity index (χ0n) is 16.6. The summed E-state index contributed by atoms with van der Waals surface area (Å²) in [6, 6.07) is 16.0. The third-order valence-corrected chi connectivity index (χ3v) is 5.89. The van der Waals surface area contributed by atoms with Crippen molar-refractivity contribution in [3.8, 4) is 5.75 Å². The average Bonchev–Trinajstić information content (AvgIpc) is 3.08. The first-order valence-corrected chi connectivity index (χ1v) is 10.8. The van der Waals surface area contributed by atoms with Gasteiger partial charge in [0.15, 0.2) is 0 Å². The fraction of sp³-hybridized carbons (Fsp3) is 0.217. The van der Waals surface area contributed by atoms with Gasteiger partial charge in [-0.05, 0) is 44.0 Å². The summed E-state index contributed by atoms with van der Waals surface area (Å²) in [4.78, 5) is 18.4. The second kappa shape index (κ2) is 8.20. The van der Waals surface area contributed by atoms with Gasteiger partial charge in [-0.2, -0.15) is 0 Å². The molecule has 1 aliphatic rings. The molecule has 0 fully saturated rings. The van der Waals surface area contributed by atoms with Crippen molar-refractivity contribution in [3.63, 3.8) is 0 Å². The monoisotopic (exact) mass is 415 g/mol. The van der Waals surface area contributed by atoms with Crippen LogP contribution in [0.4, 0.5) is 11.5 Å². The standard InChI is InChI=1S/C23H21N5OS/c1-15-25-13-18-19(9-5-11-24-23(18)26-15)27-16-6-4-7-17(12-16)29-14-22-28-20-8-2-3-10-21(20)30-22/h2-4,6-8,10,12-13H,5,9,11,14H2,1H3,(H,24,25,26). The van der Waals surface area contributed by atoms with Crippen LogP contribution >= 0.6 is 11.3 Å². The van der Waals surface area contributed by atoms with Crippen molar-refractivity contribution in [1.82, 2.24) is 15.0 Å². The van der Waals surface area contributed by atoms with Crippen LogP contribution in [0, 0.1) is 6.92 Å². The number of ether oxygens (including phenoxy) is 1. The molecule has 0 bridgehead atoms. The molecular formula is C23H21N5OS. The highest BCUT2D eigenvalue weighted by Gasteiger charge is 2.16. The maximum absolute atomic E-state index is 6.00. The third-order valence-electron chi connectivity index (χ3n) is 4.89. The smallest absolute Gasteiger partial charge is 0.140 e. The first-order valence-electron chi connectivity index (χ1n) is 9.97. The number of aryl methyl sites for hydroxylation is 1. The summed E-state index contributed by atoms with van der Waals surface area (Å²) in [5, 5.41) is 4.34. The van der Waals surface area contributed by atoms with E-state index in [-0.39, 0.29) is 0 Å². The highest BCUT2D eigenvalue weighted by atomic mass is 32.1. The number of hydrogen-bond donors (Lipinski definition) is 1. The number of aliphatic imine (C=N–C) groups is 1. The lowest BCUT2D eigenvalue weighted by Crippen LogP contribution is -2.06. The number of para-hydroxylation sites is 1. The fourth-order valence-electron chi connectivity index (χ4n) is 3.45. The van der Waals surface area contributed by atoms with Gasteiger partial charge in [-0.3, -0.25) is 4.99 Å². The lowest BCUT2D eigenvalue weighted by Gasteiger charge is -2.09. The summed E-state index contributed by atoms with van der Waals surface area (Å²) in [5.74, 6) is 2.40. The Morgan fingerprint density at radius 1 is 1.13 bits per heavy atom. The van der Waals surface area contributed by atoms with Crippen LogP contribution in [0.25, 0.3) is 10.2 Å². The Bertz CT molecular complexity index is 1200. The average molecular weight is 416 g/mol. The van der Waals surface area contributed by atoms with Crippen molar-refractivity contribution in [1.29, 1.82) is 0 Å². The summed E-state index contributed by atoms with van der Waals surface area (Å²) >= 11 is 1.66. The lowest BCUT2D eigenvalue weighted by molar-refractivity contribution is 0.306. The molecule has 0 atom stereocenters. The predicted octanol–water partition coefficient (Wildman–Crippen LogP) is 5.30. The molecule has 0 spiro atoms. The summed E-state index contributed by atoms with van der Waals surface area (Å²) in [6.07, 6.45) is 3.74. The molecule has 2 aromatic heterocycles. The van der Waals surface area contributed by atoms with Crippen LogP contribution in [0.2, 0.25) is 0 Å². The van der Waals surface area contributed by atoms with E-state index >= 15 is 0 Å². The van der Waals surface area contributed by atoms with Gasteiger partial charge in [0.05, 0.1) is 27.2 Å². The van der Waals surface area contributed by atoms with E-state index in [1.165, 1.54) is 4.70 Å². The zero-order valence-corrected chi connectivity index (χ0v) is 17.4. The Hall–Kier alpha value is -3.32. The van der Waals surface area contributed by atoms with E-state index in [1.807, 2.05) is 55.6 Å². The first kappa shape index (κ1) is 18.7. The number of rotatable bonds is 4. The minimum Gasteiger partial charge on any atom is -0.486 e. The van der Waals surface area contributed by atoms with Crippen molar-refractivity contribution in [2.24, 2.45) is 4.99 Å². The molecular weight excluding hydrogens is 394 g/mol. The SMILES string of the molecule is Cc1ncc2c(n1)NCCCC2=Nc1cccc(OCc2nc3ccccc3s2)c1. The quantitative estimate of drug-likeness (QED) is 0.490. The van der Waals surface area contributed by atoms with Crippen LogP contribution < -0.4 is 10.1 Å². The summed E-state index contributed by atoms with van der Waals surface area (Å²) in [5.41, 5.74) is 3.84. The maximum Gasteiger partial charge on any atom is 0.140 e. The maximum atomic E-state index is 6.00. The molecule has 0 saturated carbocycles. The Morgan fingerprint density at radius 2 is 2.07 bits per heavy atom. The van der Waals surface area contributed by atoms with Gasteiger partial charge in [-0.1, -0.05) is 18.2 Å². The number of hydrogen-bond acceptors (Lipinski definition) is 7. The number of fused-ring (bicyclic) bond motifs is 2. The molecule has 0 saturated heterocycles. The largest absolute Gasteiger partial charge is 0.486 e. The molecule has 0 unspecified atom stereocenters. The zero-order chi connectivity index (χ0) is 20.3. The van der Waals surface area contributed by atoms with E-state index in [2.05, 4.69) is 26.3 Å². The number of thiazole rings is 1. The van der Waals surface area contributed by atoms with Crippen LogP contribution in [0.5, 0.6) is 5.75 Å². The molecule has 0 amide bonds. The van der Waals surface area contributed by atoms with E-state index in [0.29, 0.717) is 6.61 Å². The molecule has 150 valence electrons. The van der Waals surface area contributed by atoms with E-state index in [0.717, 1.165) is 64.3 Å². The number of benzene rings is 2. The molecule has 6 nitrogen and oxygen atoms in total. The summed E-state index contributed by atoms with van der Waals surface area (Å²) in [6.45, 7) is 3.23. The minimum absolute atomic E-state index is 0.444. The van der Waals surface area contributed by atoms with Crippen molar-refractivity contribution >= 4 is 38.8 Å². The molecule has 2 aromatic carbocycles. The van der Waals surface area contributed by atoms with Gasteiger partial charge in [-0.25, -0.2) is 15.0 Å². The van der Waals surface area contributed by atoms with Gasteiger partial charge < -0.3 is 10.1 Å². The fourth-order valence-corrected chi connectivity index (χ4v) is 4.34. The van der Waals surface area contributed by atoms with Gasteiger partial charge >= 0.3 is 0 Å². The second-order valence-corrected chi connectivity index (χ2v) is 8.24. The van der Waals surface area contributed by atoms with Gasteiger partial charge in [0.25, 0.3) is 0 Å². The van der Waals surface area contributed by atoms with Gasteiger partial charge in [0.1, 0.15) is 29.0 Å². The number of aromatic nitrogens is 3. The summed E-state index contributed by atoms with van der Waals surface area (Å²) < 4.78 is 7.18. The lowest BCUT2D eigenvalue weighted by atomic mass is 10.1. The Morgan fingerprint density at radius 3 is 3.00 bits per heavy atom. The van der Waals surface area contributed by atoms with Gasteiger partial charge in [-0.15, -0.1) is 11.3 Å². The Kier molecular flexibility index (Phi) is 5.11. The molecule has 5 rings (SSSR count). The number of nitrogens with one attached hydrogen (secondary N) is 1. The number of nitrogens with zero attached hydrogens (tertiary/aromatic N) is 4. The normalized spacial score (nSPS) is 14.9. The molecule has 3 heterocycles. The third kappa shape index (κ3) is 4.02. The van der Waals surface area contributed by atoms with Crippen molar-refractivity contribution < 1.29 is 4.74 Å². The van der Waals surface area contributed by atoms with Crippen molar-refractivity contribution in [2.75, 3.05) is 11.9 Å². The van der Waals surface area contributed by atoms with E-state index in [1.54, 1.807) is 11.3 Å². The van der Waals surface area contributed by atoms with Crippen molar-refractivity contribution in [3.05, 3.63) is 71.1 Å². The van der Waals surface area contributed by atoms with Crippen LogP contribution in [0.1, 0.15) is 29.2 Å². The Balaban J connectivity index is 1.37. The van der Waals surface area contributed by atoms with Crippen LogP contribution in [-0.2, 0) is 6.61 Å². The summed E-state index contributed by atoms with van der Waals surface area (Å²) in [7, 11) is 0. The number of anilines is 1. The van der Waals surface area contributed by atoms with Crippen LogP contribution in [0.15, 0.2) is 59.7 Å². The van der Waals surface area contributed by atoms with E-state index in [9.17, 15) is 0 Å². The van der Waals surface area contributed by atoms with Gasteiger partial charge in [0.2, 0.25) is 0 Å². The molecule has 0 radical (unpaired) electrons. The molecule has 30 heavy (non-hydrogen) atoms. The Labute approximate surface area is 178 Å². The molecule has 7 heteroatoms. The molecule has 1 aliphatic heterocycles. The van der Waals surface area contributed by atoms with E-state index < -0.39 is 0 Å². The van der Waals surface area contributed by atoms with Crippen LogP contribution in [-0.4, -0.2) is 27.2 Å². The first-order chi connectivity index (χ1) is 14.7. The predicted molar refractivity (Wildman–Crippen MR) is 121 cm³/mol. The molecule has 1 N–H and O–H groups in total. The van der Waals surface area contributed by atoms with Crippen LogP contribution in [0.3, 0.4) is 0 Å². The van der Waals surface area contributed by atoms with Crippen molar-refractivity contribution in [2.45, 2.75) is 26.4 Å². The van der Waals surface area contributed by atoms with Gasteiger partial charge in [0, 0.05) is 18.8 Å².